The van der Waals surface area contributed by atoms with Gasteiger partial charge in [-0.3, -0.25) is 19.0 Å². The lowest BCUT2D eigenvalue weighted by molar-refractivity contribution is 0.0933. The van der Waals surface area contributed by atoms with E-state index in [-0.39, 0.29) is 46.7 Å². The Morgan fingerprint density at radius 2 is 1.14 bits per heavy atom. The molecule has 0 aliphatic heterocycles. The van der Waals surface area contributed by atoms with Gasteiger partial charge in [-0.25, -0.2) is 19.0 Å². The molecule has 0 bridgehead atoms. The van der Waals surface area contributed by atoms with Gasteiger partial charge in [0.25, 0.3) is 11.8 Å². The summed E-state index contributed by atoms with van der Waals surface area (Å²) in [6, 6.07) is 26.4. The van der Waals surface area contributed by atoms with Gasteiger partial charge in [-0.1, -0.05) is 83.9 Å². The number of benzene rings is 4. The summed E-state index contributed by atoms with van der Waals surface area (Å²) in [7, 11) is 3.74. The molecule has 6 aromatic heterocycles. The summed E-state index contributed by atoms with van der Waals surface area (Å²) in [6.07, 6.45) is 10.2. The van der Waals surface area contributed by atoms with E-state index >= 15 is 0 Å². The molecular weight excluding hydrogens is 852 g/mol. The fourth-order valence-corrected chi connectivity index (χ4v) is 8.55. The van der Waals surface area contributed by atoms with Crippen LogP contribution in [0.2, 0.25) is 10.0 Å². The lowest BCUT2D eigenvalue weighted by Gasteiger charge is -2.20. The fourth-order valence-electron chi connectivity index (χ4n) is 8.04. The maximum atomic E-state index is 13.2. The summed E-state index contributed by atoms with van der Waals surface area (Å²) in [4.78, 5) is 34.9. The van der Waals surface area contributed by atoms with Crippen molar-refractivity contribution in [1.29, 1.82) is 0 Å². The molecule has 18 heteroatoms. The normalized spacial score (nSPS) is 12.3. The average Bonchev–Trinajstić information content (AvgIpc) is 4.06. The zero-order valence-electron chi connectivity index (χ0n) is 34.9. The van der Waals surface area contributed by atoms with Gasteiger partial charge in [-0.2, -0.15) is 10.2 Å². The first-order valence-electron chi connectivity index (χ1n) is 20.1. The Balaban J connectivity index is 0.000000162. The van der Waals surface area contributed by atoms with Gasteiger partial charge in [0.15, 0.2) is 22.9 Å². The Hall–Kier alpha value is -7.82. The van der Waals surface area contributed by atoms with Crippen molar-refractivity contribution < 1.29 is 9.59 Å². The molecule has 0 aliphatic carbocycles. The van der Waals surface area contributed by atoms with Gasteiger partial charge in [-0.15, -0.1) is 10.2 Å². The van der Waals surface area contributed by atoms with Crippen LogP contribution in [-0.4, -0.2) is 60.6 Å². The van der Waals surface area contributed by atoms with Crippen molar-refractivity contribution in [3.8, 4) is 22.3 Å². The van der Waals surface area contributed by atoms with Crippen LogP contribution in [0.1, 0.15) is 57.8 Å². The Kier molecular flexibility index (Phi) is 10.9. The molecule has 0 saturated heterocycles. The summed E-state index contributed by atoms with van der Waals surface area (Å²) >= 11 is 13.2. The first-order valence-corrected chi connectivity index (χ1v) is 20.8. The second kappa shape index (κ2) is 16.8. The maximum absolute atomic E-state index is 13.2. The summed E-state index contributed by atoms with van der Waals surface area (Å²) in [5, 5.41) is 26.3. The zero-order chi connectivity index (χ0) is 44.8. The van der Waals surface area contributed by atoms with Crippen LogP contribution < -0.4 is 22.1 Å². The number of anilines is 2. The van der Waals surface area contributed by atoms with E-state index in [1.807, 2.05) is 107 Å². The zero-order valence-corrected chi connectivity index (χ0v) is 36.4. The number of aromatic nitrogens is 10. The number of nitrogen functional groups attached to an aromatic ring is 2. The number of amides is 2. The predicted octanol–water partition coefficient (Wildman–Crippen LogP) is 8.02. The minimum atomic E-state index is -0.389. The number of nitrogens with zero attached hydrogens (tertiary/aromatic N) is 10. The predicted molar refractivity (Wildman–Crippen MR) is 249 cm³/mol. The Labute approximate surface area is 375 Å². The van der Waals surface area contributed by atoms with Crippen LogP contribution in [0.25, 0.3) is 55.4 Å². The van der Waals surface area contributed by atoms with E-state index in [0.29, 0.717) is 21.3 Å². The van der Waals surface area contributed by atoms with Crippen LogP contribution in [0.5, 0.6) is 0 Å². The van der Waals surface area contributed by atoms with E-state index in [0.717, 1.165) is 55.2 Å². The molecule has 0 fully saturated rings. The molecule has 10 aromatic rings. The summed E-state index contributed by atoms with van der Waals surface area (Å²) in [6.45, 7) is 3.81. The monoisotopic (exact) mass is 890 g/mol. The molecule has 0 aliphatic rings. The molecule has 10 rings (SSSR count). The summed E-state index contributed by atoms with van der Waals surface area (Å²) < 4.78 is 6.51. The molecule has 6 N–H and O–H groups in total. The number of halogens is 2. The number of nitrogens with one attached hydrogen (secondary N) is 2. The number of aryl methyl sites for hydroxylation is 2. The van der Waals surface area contributed by atoms with Crippen molar-refractivity contribution in [2.75, 3.05) is 11.5 Å². The number of hydrogen-bond donors (Lipinski definition) is 4. The van der Waals surface area contributed by atoms with Crippen molar-refractivity contribution in [2.45, 2.75) is 25.9 Å². The van der Waals surface area contributed by atoms with E-state index in [9.17, 15) is 9.59 Å². The van der Waals surface area contributed by atoms with E-state index in [2.05, 4.69) is 41.0 Å². The maximum Gasteiger partial charge on any atom is 0.259 e. The van der Waals surface area contributed by atoms with Crippen molar-refractivity contribution in [3.05, 3.63) is 154 Å². The van der Waals surface area contributed by atoms with Crippen LogP contribution in [-0.2, 0) is 14.1 Å². The van der Waals surface area contributed by atoms with E-state index in [1.165, 1.54) is 9.03 Å². The highest BCUT2D eigenvalue weighted by Crippen LogP contribution is 2.40. The van der Waals surface area contributed by atoms with Gasteiger partial charge < -0.3 is 22.1 Å². The summed E-state index contributed by atoms with van der Waals surface area (Å²) in [5.74, 6) is -0.476. The van der Waals surface area contributed by atoms with Gasteiger partial charge in [0.05, 0.1) is 33.8 Å². The van der Waals surface area contributed by atoms with Crippen LogP contribution in [0.3, 0.4) is 0 Å². The number of nitrogens with two attached hydrogens (primary N) is 2. The van der Waals surface area contributed by atoms with Crippen molar-refractivity contribution in [2.24, 2.45) is 14.1 Å². The largest absolute Gasteiger partial charge is 0.381 e. The van der Waals surface area contributed by atoms with Crippen LogP contribution in [0.15, 0.2) is 122 Å². The topological polar surface area (TPSA) is 206 Å². The third kappa shape index (κ3) is 7.47. The molecule has 2 atom stereocenters. The fraction of sp³-hybridized carbons (Fsp3) is 0.130. The number of hydrogen-bond acceptors (Lipinski definition) is 10. The number of fused-ring (bicyclic) bond motifs is 4. The minimum absolute atomic E-state index is 0.120. The standard InChI is InChI=1S/2C23H20ClN7O/c1-13(27-23(32)19-21(25)29-31-10-6-9-26-22(19)31)15-11-17(24)16-12-30(2)28-20(16)18(15)14-7-4-3-5-8-14;1-13(28-23(32)19-21(25)29-31-10-6-9-26-22(19)31)15-11-17(24)16-12-27-30(2)20(16)18(15)14-7-4-3-5-8-14/h3-13H,1-2H3,(H2,25,29)(H,27,32);3-13H,1-2H3,(H2,25,29)(H,28,32). The van der Waals surface area contributed by atoms with Crippen molar-refractivity contribution in [1.82, 2.24) is 59.4 Å². The lowest BCUT2D eigenvalue weighted by atomic mass is 9.93. The van der Waals surface area contributed by atoms with Gasteiger partial charge in [0.2, 0.25) is 0 Å². The molecular formula is C46H40Cl2N14O2. The summed E-state index contributed by atoms with van der Waals surface area (Å²) in [5.41, 5.74) is 20.6. The molecule has 0 radical (unpaired) electrons. The van der Waals surface area contributed by atoms with Crippen molar-refractivity contribution >= 4 is 79.8 Å². The molecule has 16 nitrogen and oxygen atoms in total. The highest BCUT2D eigenvalue weighted by Gasteiger charge is 2.27. The lowest BCUT2D eigenvalue weighted by Crippen LogP contribution is -2.27. The SMILES string of the molecule is CC(NC(=O)c1c(N)nn2cccnc12)c1cc(Cl)c2cn(C)nc2c1-c1ccccc1.CC(NC(=O)c1c(N)nn2cccnc12)c1cc(Cl)c2cnn(C)c2c1-c1ccccc1. The first-order chi connectivity index (χ1) is 30.9. The average molecular weight is 892 g/mol. The highest BCUT2D eigenvalue weighted by atomic mass is 35.5. The van der Waals surface area contributed by atoms with E-state index in [4.69, 9.17) is 34.7 Å². The molecule has 0 saturated carbocycles. The molecule has 0 spiro atoms. The molecule has 2 amide bonds. The highest BCUT2D eigenvalue weighted by molar-refractivity contribution is 6.36. The second-order valence-corrected chi connectivity index (χ2v) is 16.0. The quantitative estimate of drug-likeness (QED) is 0.116. The van der Waals surface area contributed by atoms with Gasteiger partial charge in [0, 0.05) is 67.0 Å². The van der Waals surface area contributed by atoms with Gasteiger partial charge in [0.1, 0.15) is 16.6 Å². The third-order valence-electron chi connectivity index (χ3n) is 10.9. The first kappa shape index (κ1) is 41.5. The van der Waals surface area contributed by atoms with Gasteiger partial charge >= 0.3 is 0 Å². The Morgan fingerprint density at radius 1 is 0.656 bits per heavy atom. The number of rotatable bonds is 8. The smallest absolute Gasteiger partial charge is 0.259 e. The van der Waals surface area contributed by atoms with Crippen molar-refractivity contribution in [3.63, 3.8) is 0 Å². The number of carbonyl (C=O) groups is 2. The Morgan fingerprint density at radius 3 is 1.67 bits per heavy atom. The third-order valence-corrected chi connectivity index (χ3v) is 11.6. The van der Waals surface area contributed by atoms with Gasteiger partial charge in [-0.05, 0) is 60.4 Å². The number of carbonyl (C=O) groups excluding carboxylic acids is 2. The van der Waals surface area contributed by atoms with Crippen LogP contribution in [0.4, 0.5) is 11.6 Å². The molecule has 64 heavy (non-hydrogen) atoms. The van der Waals surface area contributed by atoms with E-state index < -0.39 is 0 Å². The molecule has 2 unspecified atom stereocenters. The molecule has 4 aromatic carbocycles. The van der Waals surface area contributed by atoms with Crippen LogP contribution >= 0.6 is 23.2 Å². The van der Waals surface area contributed by atoms with Crippen LogP contribution in [0, 0.1) is 0 Å². The Bertz CT molecular complexity index is 3380. The van der Waals surface area contributed by atoms with E-state index in [1.54, 1.807) is 52.5 Å². The molecule has 320 valence electrons. The minimum Gasteiger partial charge on any atom is -0.381 e. The second-order valence-electron chi connectivity index (χ2n) is 15.2. The molecule has 6 heterocycles.